The molecule has 0 saturated heterocycles. The van der Waals surface area contributed by atoms with Gasteiger partial charge in [0.05, 0.1) is 12.2 Å². The zero-order valence-electron chi connectivity index (χ0n) is 7.58. The Bertz CT molecular complexity index is 138. The van der Waals surface area contributed by atoms with Crippen LogP contribution in [0.2, 0.25) is 0 Å². The minimum absolute atomic E-state index is 0.324. The molecule has 1 aliphatic heterocycles. The van der Waals surface area contributed by atoms with Gasteiger partial charge in [-0.1, -0.05) is 32.9 Å². The van der Waals surface area contributed by atoms with E-state index in [-0.39, 0.29) is 0 Å². The molecule has 0 spiro atoms. The Hall–Kier alpha value is -0.300. The highest BCUT2D eigenvalue weighted by molar-refractivity contribution is 5.07. The third-order valence-electron chi connectivity index (χ3n) is 2.02. The molecule has 0 amide bonds. The van der Waals surface area contributed by atoms with Gasteiger partial charge in [0.25, 0.3) is 0 Å². The van der Waals surface area contributed by atoms with Crippen LogP contribution in [0.25, 0.3) is 0 Å². The van der Waals surface area contributed by atoms with Crippen molar-refractivity contribution in [1.82, 2.24) is 0 Å². The minimum atomic E-state index is 0.324. The van der Waals surface area contributed by atoms with E-state index in [9.17, 15) is 0 Å². The highest BCUT2D eigenvalue weighted by atomic mass is 16.5. The van der Waals surface area contributed by atoms with Crippen LogP contribution in [0.1, 0.15) is 27.2 Å². The lowest BCUT2D eigenvalue weighted by Crippen LogP contribution is -2.27. The molecule has 0 fully saturated rings. The fourth-order valence-corrected chi connectivity index (χ4v) is 1.20. The van der Waals surface area contributed by atoms with Gasteiger partial charge in [-0.25, -0.2) is 0 Å². The van der Waals surface area contributed by atoms with Gasteiger partial charge in [0.15, 0.2) is 0 Å². The van der Waals surface area contributed by atoms with Gasteiger partial charge >= 0.3 is 0 Å². The van der Waals surface area contributed by atoms with Crippen molar-refractivity contribution >= 4 is 0 Å². The summed E-state index contributed by atoms with van der Waals surface area (Å²) in [4.78, 5) is 0. The first kappa shape index (κ1) is 8.79. The summed E-state index contributed by atoms with van der Waals surface area (Å²) in [6, 6.07) is 0. The molecule has 0 aromatic heterocycles. The van der Waals surface area contributed by atoms with Crippen molar-refractivity contribution in [3.63, 3.8) is 0 Å². The van der Waals surface area contributed by atoms with Crippen LogP contribution in [0.15, 0.2) is 12.2 Å². The smallest absolute Gasteiger partial charge is 0.0782 e. The van der Waals surface area contributed by atoms with Gasteiger partial charge in [0, 0.05) is 6.42 Å². The van der Waals surface area contributed by atoms with Crippen molar-refractivity contribution in [1.29, 1.82) is 0 Å². The Morgan fingerprint density at radius 3 is 2.73 bits per heavy atom. The van der Waals surface area contributed by atoms with Gasteiger partial charge in [0.2, 0.25) is 0 Å². The fraction of sp³-hybridized carbons (Fsp3) is 0.700. The molecule has 11 heavy (non-hydrogen) atoms. The summed E-state index contributed by atoms with van der Waals surface area (Å²) in [5.74, 6) is 0.592. The van der Waals surface area contributed by atoms with Gasteiger partial charge in [-0.2, -0.15) is 0 Å². The van der Waals surface area contributed by atoms with Crippen molar-refractivity contribution in [2.75, 3.05) is 0 Å². The van der Waals surface area contributed by atoms with Crippen molar-refractivity contribution in [3.8, 4) is 0 Å². The van der Waals surface area contributed by atoms with Crippen molar-refractivity contribution < 1.29 is 4.74 Å². The maximum absolute atomic E-state index is 5.75. The largest absolute Gasteiger partial charge is 0.370 e. The quantitative estimate of drug-likeness (QED) is 0.592. The van der Waals surface area contributed by atoms with Crippen LogP contribution in [0, 0.1) is 12.3 Å². The monoisotopic (exact) mass is 153 g/mol. The summed E-state index contributed by atoms with van der Waals surface area (Å²) in [6.07, 6.45) is 8.13. The molecule has 0 aromatic rings. The average Bonchev–Trinajstić information content (AvgIpc) is 2.05. The lowest BCUT2D eigenvalue weighted by molar-refractivity contribution is 0.00215. The van der Waals surface area contributed by atoms with Gasteiger partial charge in [-0.05, 0) is 12.3 Å². The zero-order chi connectivity index (χ0) is 8.27. The number of ether oxygens (including phenoxy) is 1. The molecule has 1 rings (SSSR count). The molecular weight excluding hydrogens is 136 g/mol. The van der Waals surface area contributed by atoms with Gasteiger partial charge in [0.1, 0.15) is 0 Å². The lowest BCUT2D eigenvalue weighted by Gasteiger charge is -2.27. The lowest BCUT2D eigenvalue weighted by atomic mass is 10.0. The van der Waals surface area contributed by atoms with Gasteiger partial charge in [-0.15, -0.1) is 0 Å². The molecule has 1 heteroatoms. The standard InChI is InChI=1S/C10H17O/c1-4-9-6-5-7-10(11-9)8(2)3/h5-10H,4H2,1-3H3. The molecule has 0 N–H and O–H groups in total. The van der Waals surface area contributed by atoms with E-state index in [0.29, 0.717) is 18.1 Å². The fourth-order valence-electron chi connectivity index (χ4n) is 1.20. The first-order valence-electron chi connectivity index (χ1n) is 4.41. The summed E-state index contributed by atoms with van der Waals surface area (Å²) in [7, 11) is 0. The van der Waals surface area contributed by atoms with E-state index in [0.717, 1.165) is 6.42 Å². The van der Waals surface area contributed by atoms with E-state index >= 15 is 0 Å². The molecule has 1 aliphatic rings. The van der Waals surface area contributed by atoms with Gasteiger partial charge < -0.3 is 4.74 Å². The second-order valence-corrected chi connectivity index (χ2v) is 3.37. The summed E-state index contributed by atoms with van der Waals surface area (Å²) in [6.45, 7) is 6.53. The van der Waals surface area contributed by atoms with E-state index in [1.54, 1.807) is 0 Å². The zero-order valence-corrected chi connectivity index (χ0v) is 7.58. The van der Waals surface area contributed by atoms with Crippen LogP contribution < -0.4 is 0 Å². The highest BCUT2D eigenvalue weighted by Gasteiger charge is 2.18. The molecule has 0 bridgehead atoms. The van der Waals surface area contributed by atoms with Crippen LogP contribution in [0.4, 0.5) is 0 Å². The van der Waals surface area contributed by atoms with E-state index in [4.69, 9.17) is 4.74 Å². The topological polar surface area (TPSA) is 9.23 Å². The third-order valence-corrected chi connectivity index (χ3v) is 2.02. The molecule has 2 atom stereocenters. The van der Waals surface area contributed by atoms with Crippen molar-refractivity contribution in [2.45, 2.75) is 39.4 Å². The maximum atomic E-state index is 5.75. The molecule has 1 heterocycles. The van der Waals surface area contributed by atoms with Crippen LogP contribution in [0.5, 0.6) is 0 Å². The SMILES string of the molecule is CCC1[CH]C=CC(C(C)C)O1. The van der Waals surface area contributed by atoms with Crippen LogP contribution in [0.3, 0.4) is 0 Å². The molecule has 2 unspecified atom stereocenters. The van der Waals surface area contributed by atoms with Gasteiger partial charge in [-0.3, -0.25) is 0 Å². The van der Waals surface area contributed by atoms with Crippen LogP contribution in [-0.4, -0.2) is 12.2 Å². The first-order chi connectivity index (χ1) is 5.24. The summed E-state index contributed by atoms with van der Waals surface area (Å²) >= 11 is 0. The predicted molar refractivity (Wildman–Crippen MR) is 47.2 cm³/mol. The second-order valence-electron chi connectivity index (χ2n) is 3.37. The van der Waals surface area contributed by atoms with Crippen molar-refractivity contribution in [3.05, 3.63) is 18.6 Å². The maximum Gasteiger partial charge on any atom is 0.0782 e. The molecule has 0 saturated carbocycles. The number of rotatable bonds is 2. The molecular formula is C10H17O. The number of hydrogen-bond acceptors (Lipinski definition) is 1. The molecule has 1 radical (unpaired) electrons. The number of hydrogen-bond donors (Lipinski definition) is 0. The summed E-state index contributed by atoms with van der Waals surface area (Å²) < 4.78 is 5.75. The van der Waals surface area contributed by atoms with Crippen LogP contribution in [-0.2, 0) is 4.74 Å². The molecule has 0 aromatic carbocycles. The van der Waals surface area contributed by atoms with Crippen molar-refractivity contribution in [2.24, 2.45) is 5.92 Å². The summed E-state index contributed by atoms with van der Waals surface area (Å²) in [5.41, 5.74) is 0. The third kappa shape index (κ3) is 2.33. The molecule has 1 nitrogen and oxygen atoms in total. The minimum Gasteiger partial charge on any atom is -0.370 e. The van der Waals surface area contributed by atoms with E-state index < -0.39 is 0 Å². The Kier molecular flexibility index (Phi) is 3.13. The Morgan fingerprint density at radius 1 is 1.45 bits per heavy atom. The van der Waals surface area contributed by atoms with E-state index in [2.05, 4.69) is 39.3 Å². The second kappa shape index (κ2) is 3.91. The Labute approximate surface area is 69.4 Å². The summed E-state index contributed by atoms with van der Waals surface area (Å²) in [5, 5.41) is 0. The Morgan fingerprint density at radius 2 is 2.18 bits per heavy atom. The van der Waals surface area contributed by atoms with Crippen LogP contribution >= 0.6 is 0 Å². The molecule has 0 aliphatic carbocycles. The molecule has 63 valence electrons. The Balaban J connectivity index is 2.45. The highest BCUT2D eigenvalue weighted by Crippen LogP contribution is 2.19. The first-order valence-corrected chi connectivity index (χ1v) is 4.41. The average molecular weight is 153 g/mol. The van der Waals surface area contributed by atoms with E-state index in [1.165, 1.54) is 0 Å². The van der Waals surface area contributed by atoms with E-state index in [1.807, 2.05) is 0 Å². The predicted octanol–water partition coefficient (Wildman–Crippen LogP) is 2.58. The normalized spacial score (nSPS) is 31.3.